The normalized spacial score (nSPS) is 16.7. The number of esters is 1. The Kier molecular flexibility index (Phi) is 4.79. The summed E-state index contributed by atoms with van der Waals surface area (Å²) in [4.78, 5) is 37.8. The highest BCUT2D eigenvalue weighted by atomic mass is 16.5. The number of imide groups is 1. The minimum Gasteiger partial charge on any atom is -0.462 e. The maximum Gasteiger partial charge on any atom is 0.338 e. The van der Waals surface area contributed by atoms with E-state index in [0.717, 1.165) is 10.5 Å². The Hall–Kier alpha value is -3.15. The monoisotopic (exact) mass is 338 g/mol. The highest BCUT2D eigenvalue weighted by molar-refractivity contribution is 6.04. The summed E-state index contributed by atoms with van der Waals surface area (Å²) < 4.78 is 4.97. The van der Waals surface area contributed by atoms with E-state index >= 15 is 0 Å². The van der Waals surface area contributed by atoms with Crippen LogP contribution in [0.15, 0.2) is 54.6 Å². The highest BCUT2D eigenvalue weighted by Gasteiger charge is 2.38. The second-order valence-electron chi connectivity index (χ2n) is 5.64. The van der Waals surface area contributed by atoms with Gasteiger partial charge in [0.2, 0.25) is 0 Å². The van der Waals surface area contributed by atoms with Crippen LogP contribution in [0.3, 0.4) is 0 Å². The molecule has 6 heteroatoms. The quantitative estimate of drug-likeness (QED) is 0.672. The van der Waals surface area contributed by atoms with Crippen molar-refractivity contribution in [3.63, 3.8) is 0 Å². The second-order valence-corrected chi connectivity index (χ2v) is 5.64. The molecule has 2 aromatic carbocycles. The molecule has 6 nitrogen and oxygen atoms in total. The molecule has 1 N–H and O–H groups in total. The predicted octanol–water partition coefficient (Wildman–Crippen LogP) is 2.66. The molecule has 0 aliphatic carbocycles. The molecule has 1 aliphatic rings. The molecule has 1 aliphatic heterocycles. The van der Waals surface area contributed by atoms with E-state index in [2.05, 4.69) is 5.32 Å². The van der Waals surface area contributed by atoms with Crippen LogP contribution in [0.1, 0.15) is 34.5 Å². The molecule has 128 valence electrons. The molecule has 0 aromatic heterocycles. The average Bonchev–Trinajstić information content (AvgIpc) is 2.91. The van der Waals surface area contributed by atoms with E-state index in [1.54, 1.807) is 43.3 Å². The summed E-state index contributed by atoms with van der Waals surface area (Å²) >= 11 is 0. The van der Waals surface area contributed by atoms with E-state index < -0.39 is 18.0 Å². The third-order valence-corrected chi connectivity index (χ3v) is 3.94. The first-order valence-corrected chi connectivity index (χ1v) is 8.03. The van der Waals surface area contributed by atoms with Crippen LogP contribution in [0.2, 0.25) is 0 Å². The summed E-state index contributed by atoms with van der Waals surface area (Å²) in [5.41, 5.74) is 1.82. The van der Waals surface area contributed by atoms with Gasteiger partial charge >= 0.3 is 12.0 Å². The number of rotatable bonds is 5. The third kappa shape index (κ3) is 3.52. The van der Waals surface area contributed by atoms with E-state index in [1.165, 1.54) is 0 Å². The Morgan fingerprint density at radius 2 is 1.88 bits per heavy atom. The number of hydrogen-bond donors (Lipinski definition) is 1. The van der Waals surface area contributed by atoms with Crippen molar-refractivity contribution in [2.24, 2.45) is 0 Å². The molecule has 3 amide bonds. The number of urea groups is 1. The fourth-order valence-corrected chi connectivity index (χ4v) is 2.73. The van der Waals surface area contributed by atoms with Crippen molar-refractivity contribution in [1.29, 1.82) is 0 Å². The number of benzene rings is 2. The summed E-state index contributed by atoms with van der Waals surface area (Å²) in [5.74, 6) is -0.735. The molecule has 0 saturated carbocycles. The van der Waals surface area contributed by atoms with Crippen molar-refractivity contribution < 1.29 is 19.1 Å². The molecule has 0 spiro atoms. The van der Waals surface area contributed by atoms with Crippen molar-refractivity contribution in [2.75, 3.05) is 6.61 Å². The topological polar surface area (TPSA) is 75.7 Å². The third-order valence-electron chi connectivity index (χ3n) is 3.94. The SMILES string of the molecule is CCOC(=O)c1cccc(CN2C(=O)NC(c3ccccc3)C2=O)c1. The molecular formula is C19H18N2O4. The lowest BCUT2D eigenvalue weighted by atomic mass is 10.1. The fourth-order valence-electron chi connectivity index (χ4n) is 2.73. The van der Waals surface area contributed by atoms with E-state index in [-0.39, 0.29) is 19.1 Å². The zero-order valence-electron chi connectivity index (χ0n) is 13.8. The number of ether oxygens (including phenoxy) is 1. The van der Waals surface area contributed by atoms with Crippen LogP contribution in [0.5, 0.6) is 0 Å². The van der Waals surface area contributed by atoms with Crippen molar-refractivity contribution >= 4 is 17.9 Å². The number of nitrogens with zero attached hydrogens (tertiary/aromatic N) is 1. The number of carbonyl (C=O) groups excluding carboxylic acids is 3. The molecule has 25 heavy (non-hydrogen) atoms. The van der Waals surface area contributed by atoms with Gasteiger partial charge < -0.3 is 10.1 Å². The second kappa shape index (κ2) is 7.17. The molecule has 0 radical (unpaired) electrons. The standard InChI is InChI=1S/C19H18N2O4/c1-2-25-18(23)15-10-6-7-13(11-15)12-21-17(22)16(20-19(21)24)14-8-4-3-5-9-14/h3-11,16H,2,12H2,1H3,(H,20,24). The fraction of sp³-hybridized carbons (Fsp3) is 0.211. The van der Waals surface area contributed by atoms with E-state index in [0.29, 0.717) is 11.1 Å². The molecule has 2 aromatic rings. The van der Waals surface area contributed by atoms with Gasteiger partial charge in [-0.3, -0.25) is 9.69 Å². The van der Waals surface area contributed by atoms with Crippen molar-refractivity contribution in [2.45, 2.75) is 19.5 Å². The maximum atomic E-state index is 12.6. The van der Waals surface area contributed by atoms with Gasteiger partial charge in [-0.25, -0.2) is 9.59 Å². The van der Waals surface area contributed by atoms with Gasteiger partial charge in [-0.05, 0) is 30.2 Å². The van der Waals surface area contributed by atoms with Crippen LogP contribution in [-0.2, 0) is 16.1 Å². The smallest absolute Gasteiger partial charge is 0.338 e. The van der Waals surface area contributed by atoms with Crippen LogP contribution in [0.4, 0.5) is 4.79 Å². The lowest BCUT2D eigenvalue weighted by molar-refractivity contribution is -0.128. The predicted molar refractivity (Wildman–Crippen MR) is 90.7 cm³/mol. The summed E-state index contributed by atoms with van der Waals surface area (Å²) in [6.45, 7) is 2.12. The Bertz CT molecular complexity index is 804. The Morgan fingerprint density at radius 3 is 2.60 bits per heavy atom. The highest BCUT2D eigenvalue weighted by Crippen LogP contribution is 2.23. The van der Waals surface area contributed by atoms with E-state index in [9.17, 15) is 14.4 Å². The van der Waals surface area contributed by atoms with Gasteiger partial charge in [-0.15, -0.1) is 0 Å². The van der Waals surface area contributed by atoms with Crippen LogP contribution in [0.25, 0.3) is 0 Å². The van der Waals surface area contributed by atoms with Gasteiger partial charge in [-0.2, -0.15) is 0 Å². The lowest BCUT2D eigenvalue weighted by Crippen LogP contribution is -2.30. The van der Waals surface area contributed by atoms with Gasteiger partial charge in [0.25, 0.3) is 5.91 Å². The number of carbonyl (C=O) groups is 3. The van der Waals surface area contributed by atoms with Crippen molar-refractivity contribution in [1.82, 2.24) is 10.2 Å². The maximum absolute atomic E-state index is 12.6. The van der Waals surface area contributed by atoms with Gasteiger partial charge in [0, 0.05) is 0 Å². The van der Waals surface area contributed by atoms with Crippen molar-refractivity contribution in [3.8, 4) is 0 Å². The zero-order valence-corrected chi connectivity index (χ0v) is 13.8. The van der Waals surface area contributed by atoms with Gasteiger partial charge in [0.15, 0.2) is 0 Å². The number of amides is 3. The first kappa shape index (κ1) is 16.7. The van der Waals surface area contributed by atoms with Crippen LogP contribution in [-0.4, -0.2) is 29.4 Å². The van der Waals surface area contributed by atoms with Gasteiger partial charge in [0.1, 0.15) is 6.04 Å². The lowest BCUT2D eigenvalue weighted by Gasteiger charge is -2.14. The van der Waals surface area contributed by atoms with Crippen molar-refractivity contribution in [3.05, 3.63) is 71.3 Å². The first-order chi connectivity index (χ1) is 12.1. The Morgan fingerprint density at radius 1 is 1.12 bits per heavy atom. The summed E-state index contributed by atoms with van der Waals surface area (Å²) in [5, 5.41) is 2.69. The van der Waals surface area contributed by atoms with Crippen LogP contribution < -0.4 is 5.32 Å². The zero-order chi connectivity index (χ0) is 17.8. The molecule has 1 unspecified atom stereocenters. The summed E-state index contributed by atoms with van der Waals surface area (Å²) in [7, 11) is 0. The number of nitrogens with one attached hydrogen (secondary N) is 1. The molecular weight excluding hydrogens is 320 g/mol. The van der Waals surface area contributed by atoms with E-state index in [4.69, 9.17) is 4.74 Å². The van der Waals surface area contributed by atoms with Crippen LogP contribution in [0, 0.1) is 0 Å². The Labute approximate surface area is 145 Å². The molecule has 0 bridgehead atoms. The van der Waals surface area contributed by atoms with E-state index in [1.807, 2.05) is 18.2 Å². The molecule has 1 fully saturated rings. The Balaban J connectivity index is 1.77. The van der Waals surface area contributed by atoms with Gasteiger partial charge in [-0.1, -0.05) is 42.5 Å². The first-order valence-electron chi connectivity index (χ1n) is 8.03. The minimum atomic E-state index is -0.679. The van der Waals surface area contributed by atoms with Crippen LogP contribution >= 0.6 is 0 Å². The molecule has 1 heterocycles. The number of hydrogen-bond acceptors (Lipinski definition) is 4. The summed E-state index contributed by atoms with van der Waals surface area (Å²) in [6, 6.07) is 14.7. The minimum absolute atomic E-state index is 0.0985. The average molecular weight is 338 g/mol. The molecule has 3 rings (SSSR count). The summed E-state index contributed by atoms with van der Waals surface area (Å²) in [6.07, 6.45) is 0. The largest absolute Gasteiger partial charge is 0.462 e. The molecule has 1 saturated heterocycles. The molecule has 1 atom stereocenters. The van der Waals surface area contributed by atoms with Gasteiger partial charge in [0.05, 0.1) is 18.7 Å².